The van der Waals surface area contributed by atoms with Crippen LogP contribution in [0.15, 0.2) is 30.3 Å². The summed E-state index contributed by atoms with van der Waals surface area (Å²) in [5, 5.41) is 9.11. The van der Waals surface area contributed by atoms with Crippen LogP contribution in [0.25, 0.3) is 0 Å². The molecular weight excluding hydrogens is 154 g/mol. The van der Waals surface area contributed by atoms with Gasteiger partial charge in [0.25, 0.3) is 0 Å². The van der Waals surface area contributed by atoms with Crippen molar-refractivity contribution < 1.29 is 9.90 Å². The molecule has 0 saturated heterocycles. The lowest BCUT2D eigenvalue weighted by Crippen LogP contribution is -2.29. The highest BCUT2D eigenvalue weighted by Gasteiger charge is 2.10. The van der Waals surface area contributed by atoms with Crippen molar-refractivity contribution in [3.05, 3.63) is 35.9 Å². The van der Waals surface area contributed by atoms with Crippen LogP contribution in [-0.2, 0) is 11.2 Å². The number of hydrogen-bond donors (Lipinski definition) is 2. The summed E-state index contributed by atoms with van der Waals surface area (Å²) in [7, 11) is 0. The Morgan fingerprint density at radius 1 is 1.42 bits per heavy atom. The largest absolute Gasteiger partial charge is 0.383 e. The summed E-state index contributed by atoms with van der Waals surface area (Å²) in [5.41, 5.74) is 5.80. The van der Waals surface area contributed by atoms with Crippen molar-refractivity contribution in [2.24, 2.45) is 5.73 Å². The van der Waals surface area contributed by atoms with E-state index in [9.17, 15) is 4.79 Å². The zero-order valence-electron chi connectivity index (χ0n) is 6.60. The zero-order valence-corrected chi connectivity index (χ0v) is 6.60. The molecule has 0 radical (unpaired) electrons. The molecule has 1 amide bonds. The first-order valence-electron chi connectivity index (χ1n) is 3.71. The highest BCUT2D eigenvalue weighted by atomic mass is 16.3. The Kier molecular flexibility index (Phi) is 2.82. The molecule has 0 aliphatic carbocycles. The van der Waals surface area contributed by atoms with Gasteiger partial charge in [0.15, 0.2) is 0 Å². The summed E-state index contributed by atoms with van der Waals surface area (Å²) in [4.78, 5) is 10.5. The Hall–Kier alpha value is -1.35. The van der Waals surface area contributed by atoms with E-state index < -0.39 is 12.0 Å². The second-order valence-electron chi connectivity index (χ2n) is 2.61. The molecule has 0 aliphatic heterocycles. The number of carbonyl (C=O) groups is 1. The van der Waals surface area contributed by atoms with Gasteiger partial charge in [0.05, 0.1) is 0 Å². The highest BCUT2D eigenvalue weighted by Crippen LogP contribution is 2.02. The second kappa shape index (κ2) is 3.88. The minimum atomic E-state index is -1.08. The van der Waals surface area contributed by atoms with Gasteiger partial charge < -0.3 is 10.8 Å². The van der Waals surface area contributed by atoms with E-state index >= 15 is 0 Å². The third-order valence-electron chi connectivity index (χ3n) is 1.60. The lowest BCUT2D eigenvalue weighted by molar-refractivity contribution is -0.125. The minimum Gasteiger partial charge on any atom is -0.383 e. The van der Waals surface area contributed by atoms with Gasteiger partial charge in [0.2, 0.25) is 5.91 Å². The van der Waals surface area contributed by atoms with Crippen LogP contribution in [0.3, 0.4) is 0 Å². The number of rotatable bonds is 3. The van der Waals surface area contributed by atoms with E-state index in [0.29, 0.717) is 0 Å². The maximum absolute atomic E-state index is 10.5. The first kappa shape index (κ1) is 8.74. The van der Waals surface area contributed by atoms with Crippen molar-refractivity contribution in [3.8, 4) is 0 Å². The Labute approximate surface area is 70.8 Å². The summed E-state index contributed by atoms with van der Waals surface area (Å²) in [6.45, 7) is 0. The normalized spacial score (nSPS) is 12.4. The lowest BCUT2D eigenvalue weighted by atomic mass is 10.1. The standard InChI is InChI=1S/C9H11NO2/c10-9(12)8(11)6-7-4-2-1-3-5-7/h1-5,8,11H,6H2,(H2,10,12)/t8-/m0/s1. The van der Waals surface area contributed by atoms with Crippen molar-refractivity contribution >= 4 is 5.91 Å². The molecule has 1 aromatic rings. The highest BCUT2D eigenvalue weighted by molar-refractivity contribution is 5.78. The van der Waals surface area contributed by atoms with Gasteiger partial charge in [-0.25, -0.2) is 0 Å². The maximum Gasteiger partial charge on any atom is 0.246 e. The Bertz CT molecular complexity index is 258. The van der Waals surface area contributed by atoms with E-state index in [4.69, 9.17) is 10.8 Å². The first-order valence-corrected chi connectivity index (χ1v) is 3.71. The number of aliphatic hydroxyl groups is 1. The molecule has 1 atom stereocenters. The van der Waals surface area contributed by atoms with E-state index in [-0.39, 0.29) is 6.42 Å². The molecule has 3 N–H and O–H groups in total. The quantitative estimate of drug-likeness (QED) is 0.666. The molecule has 3 nitrogen and oxygen atoms in total. The third-order valence-corrected chi connectivity index (χ3v) is 1.60. The van der Waals surface area contributed by atoms with Crippen LogP contribution in [0.1, 0.15) is 5.56 Å². The van der Waals surface area contributed by atoms with Crippen LogP contribution >= 0.6 is 0 Å². The van der Waals surface area contributed by atoms with Crippen molar-refractivity contribution in [2.75, 3.05) is 0 Å². The molecule has 3 heteroatoms. The number of carbonyl (C=O) groups excluding carboxylic acids is 1. The van der Waals surface area contributed by atoms with E-state index in [0.717, 1.165) is 5.56 Å². The molecule has 0 aromatic heterocycles. The predicted molar refractivity (Wildman–Crippen MR) is 45.3 cm³/mol. The third kappa shape index (κ3) is 2.36. The van der Waals surface area contributed by atoms with Gasteiger partial charge in [-0.1, -0.05) is 30.3 Å². The predicted octanol–water partition coefficient (Wildman–Crippen LogP) is 0.0753. The molecule has 0 spiro atoms. The fraction of sp³-hybridized carbons (Fsp3) is 0.222. The molecule has 0 heterocycles. The topological polar surface area (TPSA) is 63.3 Å². The monoisotopic (exact) mass is 165 g/mol. The first-order chi connectivity index (χ1) is 5.70. The summed E-state index contributed by atoms with van der Waals surface area (Å²) >= 11 is 0. The fourth-order valence-corrected chi connectivity index (χ4v) is 0.938. The van der Waals surface area contributed by atoms with E-state index in [1.807, 2.05) is 30.3 Å². The van der Waals surface area contributed by atoms with Gasteiger partial charge in [-0.15, -0.1) is 0 Å². The summed E-state index contributed by atoms with van der Waals surface area (Å²) in [6.07, 6.45) is -0.789. The summed E-state index contributed by atoms with van der Waals surface area (Å²) < 4.78 is 0. The van der Waals surface area contributed by atoms with Gasteiger partial charge >= 0.3 is 0 Å². The van der Waals surface area contributed by atoms with Gasteiger partial charge in [-0.05, 0) is 5.56 Å². The van der Waals surface area contributed by atoms with Gasteiger partial charge in [-0.2, -0.15) is 0 Å². The number of nitrogens with two attached hydrogens (primary N) is 1. The number of benzene rings is 1. The van der Waals surface area contributed by atoms with Crippen LogP contribution in [0.4, 0.5) is 0 Å². The van der Waals surface area contributed by atoms with Crippen molar-refractivity contribution in [1.82, 2.24) is 0 Å². The molecule has 0 bridgehead atoms. The van der Waals surface area contributed by atoms with Gasteiger partial charge in [-0.3, -0.25) is 4.79 Å². The van der Waals surface area contributed by atoms with Gasteiger partial charge in [0, 0.05) is 6.42 Å². The SMILES string of the molecule is NC(=O)[C@@H](O)Cc1ccccc1. The molecular formula is C9H11NO2. The smallest absolute Gasteiger partial charge is 0.246 e. The Balaban J connectivity index is 2.58. The van der Waals surface area contributed by atoms with Crippen LogP contribution in [-0.4, -0.2) is 17.1 Å². The zero-order chi connectivity index (χ0) is 8.97. The van der Waals surface area contributed by atoms with Gasteiger partial charge in [0.1, 0.15) is 6.10 Å². The van der Waals surface area contributed by atoms with Crippen LogP contribution in [0, 0.1) is 0 Å². The molecule has 64 valence electrons. The number of primary amides is 1. The minimum absolute atomic E-state index is 0.288. The molecule has 1 rings (SSSR count). The number of amides is 1. The fourth-order valence-electron chi connectivity index (χ4n) is 0.938. The van der Waals surface area contributed by atoms with Crippen molar-refractivity contribution in [3.63, 3.8) is 0 Å². The second-order valence-corrected chi connectivity index (χ2v) is 2.61. The van der Waals surface area contributed by atoms with Crippen molar-refractivity contribution in [2.45, 2.75) is 12.5 Å². The molecule has 12 heavy (non-hydrogen) atoms. The summed E-state index contributed by atoms with van der Waals surface area (Å²) in [6, 6.07) is 9.25. The Morgan fingerprint density at radius 3 is 2.50 bits per heavy atom. The van der Waals surface area contributed by atoms with Crippen LogP contribution < -0.4 is 5.73 Å². The van der Waals surface area contributed by atoms with E-state index in [1.165, 1.54) is 0 Å². The molecule has 1 aromatic carbocycles. The molecule has 0 saturated carbocycles. The molecule has 0 aliphatic rings. The Morgan fingerprint density at radius 2 is 2.00 bits per heavy atom. The van der Waals surface area contributed by atoms with Crippen LogP contribution in [0.5, 0.6) is 0 Å². The average molecular weight is 165 g/mol. The van der Waals surface area contributed by atoms with E-state index in [2.05, 4.69) is 0 Å². The molecule has 0 fully saturated rings. The van der Waals surface area contributed by atoms with Crippen LogP contribution in [0.2, 0.25) is 0 Å². The molecule has 0 unspecified atom stereocenters. The maximum atomic E-state index is 10.5. The lowest BCUT2D eigenvalue weighted by Gasteiger charge is -2.04. The van der Waals surface area contributed by atoms with Crippen molar-refractivity contribution in [1.29, 1.82) is 0 Å². The van der Waals surface area contributed by atoms with E-state index in [1.54, 1.807) is 0 Å². The average Bonchev–Trinajstić information content (AvgIpc) is 2.06. The summed E-state index contributed by atoms with van der Waals surface area (Å²) in [5.74, 6) is -0.682. The number of aliphatic hydroxyl groups excluding tert-OH is 1. The number of hydrogen-bond acceptors (Lipinski definition) is 2.